The summed E-state index contributed by atoms with van der Waals surface area (Å²) in [6.45, 7) is 9.93. The molecule has 0 radical (unpaired) electrons. The minimum atomic E-state index is 0. The third kappa shape index (κ3) is 2.25. The molecule has 0 atom stereocenters. The van der Waals surface area contributed by atoms with Crippen molar-refractivity contribution >= 4 is 11.8 Å². The van der Waals surface area contributed by atoms with Crippen LogP contribution in [0.1, 0.15) is 26.4 Å². The monoisotopic (exact) mass is 189 g/mol. The average Bonchev–Trinajstić information content (AvgIpc) is 2.21. The van der Waals surface area contributed by atoms with Crippen LogP contribution < -0.4 is 5.32 Å². The van der Waals surface area contributed by atoms with Crippen LogP contribution in [0.5, 0.6) is 0 Å². The van der Waals surface area contributed by atoms with Crippen molar-refractivity contribution in [2.24, 2.45) is 0 Å². The zero-order chi connectivity index (χ0) is 10.6. The van der Waals surface area contributed by atoms with Crippen LogP contribution in [-0.2, 0) is 0 Å². The van der Waals surface area contributed by atoms with Gasteiger partial charge < -0.3 is 5.32 Å². The van der Waals surface area contributed by atoms with Crippen LogP contribution >= 0.6 is 0 Å². The molecule has 1 aromatic rings. The lowest BCUT2D eigenvalue weighted by atomic mass is 10.1. The Morgan fingerprint density at radius 2 is 1.93 bits per heavy atom. The van der Waals surface area contributed by atoms with Crippen molar-refractivity contribution in [1.82, 2.24) is 0 Å². The predicted molar refractivity (Wildman–Crippen MR) is 66.4 cm³/mol. The summed E-state index contributed by atoms with van der Waals surface area (Å²) in [7, 11) is 0. The molecule has 0 fully saturated rings. The molecule has 0 aromatic heterocycles. The van der Waals surface area contributed by atoms with E-state index in [0.717, 1.165) is 11.4 Å². The normalized spacial score (nSPS) is 12.4. The second-order valence-corrected chi connectivity index (χ2v) is 3.07. The number of anilines is 1. The molecule has 1 aromatic carbocycles. The second kappa shape index (κ2) is 4.66. The summed E-state index contributed by atoms with van der Waals surface area (Å²) >= 11 is 0. The fraction of sp³-hybridized carbons (Fsp3) is 0.231. The topological polar surface area (TPSA) is 12.0 Å². The summed E-state index contributed by atoms with van der Waals surface area (Å²) < 4.78 is 0. The lowest BCUT2D eigenvalue weighted by molar-refractivity contribution is 1.40. The molecule has 0 bridgehead atoms. The van der Waals surface area contributed by atoms with Gasteiger partial charge >= 0.3 is 0 Å². The molecule has 1 aliphatic rings. The van der Waals surface area contributed by atoms with E-state index in [9.17, 15) is 0 Å². The molecule has 76 valence electrons. The number of aryl methyl sites for hydroxylation is 1. The maximum absolute atomic E-state index is 3.84. The summed E-state index contributed by atoms with van der Waals surface area (Å²) in [4.78, 5) is 0. The molecule has 2 rings (SSSR count). The van der Waals surface area contributed by atoms with Crippen molar-refractivity contribution in [1.29, 1.82) is 0 Å². The molecule has 0 spiro atoms. The van der Waals surface area contributed by atoms with Crippen LogP contribution in [0.25, 0.3) is 6.08 Å². The Labute approximate surface area is 87.6 Å². The number of rotatable bonds is 0. The summed E-state index contributed by atoms with van der Waals surface area (Å²) in [6.07, 6.45) is 4.07. The van der Waals surface area contributed by atoms with Crippen LogP contribution in [0.3, 0.4) is 0 Å². The molecule has 1 N–H and O–H groups in total. The van der Waals surface area contributed by atoms with Crippen molar-refractivity contribution < 1.29 is 1.43 Å². The predicted octanol–water partition coefficient (Wildman–Crippen LogP) is 4.22. The van der Waals surface area contributed by atoms with Gasteiger partial charge in [0.25, 0.3) is 0 Å². The molecular weight excluding hydrogens is 170 g/mol. The van der Waals surface area contributed by atoms with Gasteiger partial charge in [-0.3, -0.25) is 0 Å². The van der Waals surface area contributed by atoms with E-state index in [4.69, 9.17) is 0 Å². The first-order valence-corrected chi connectivity index (χ1v) is 5.00. The van der Waals surface area contributed by atoms with Crippen LogP contribution in [0, 0.1) is 6.92 Å². The Kier molecular flexibility index (Phi) is 3.52. The maximum Gasteiger partial charge on any atom is 0.0457 e. The lowest BCUT2D eigenvalue weighted by Gasteiger charge is -2.14. The third-order valence-electron chi connectivity index (χ3n) is 1.97. The molecule has 0 amide bonds. The molecule has 0 saturated carbocycles. The Balaban J connectivity index is 0.000000617. The number of benzene rings is 1. The van der Waals surface area contributed by atoms with E-state index in [1.165, 1.54) is 11.1 Å². The van der Waals surface area contributed by atoms with E-state index in [1.54, 1.807) is 0 Å². The minimum absolute atomic E-state index is 0. The lowest BCUT2D eigenvalue weighted by Crippen LogP contribution is -2.01. The van der Waals surface area contributed by atoms with Gasteiger partial charge in [-0.05, 0) is 30.7 Å². The molecule has 14 heavy (non-hydrogen) atoms. The largest absolute Gasteiger partial charge is 0.356 e. The van der Waals surface area contributed by atoms with E-state index in [1.807, 2.05) is 19.9 Å². The average molecular weight is 189 g/mol. The van der Waals surface area contributed by atoms with E-state index in [2.05, 4.69) is 43.1 Å². The van der Waals surface area contributed by atoms with Gasteiger partial charge in [0.05, 0.1) is 0 Å². The Morgan fingerprint density at radius 1 is 1.21 bits per heavy atom. The molecule has 0 unspecified atom stereocenters. The molecule has 1 heteroatoms. The Hall–Kier alpha value is -1.50. The summed E-state index contributed by atoms with van der Waals surface area (Å²) in [5.74, 6) is 0. The number of allylic oxidation sites excluding steroid dienone is 1. The van der Waals surface area contributed by atoms with E-state index in [0.29, 0.717) is 0 Å². The first-order chi connectivity index (χ1) is 6.75. The summed E-state index contributed by atoms with van der Waals surface area (Å²) in [5, 5.41) is 3.21. The molecule has 0 saturated heterocycles. The van der Waals surface area contributed by atoms with Gasteiger partial charge in [-0.2, -0.15) is 0 Å². The Morgan fingerprint density at radius 3 is 2.64 bits per heavy atom. The highest BCUT2D eigenvalue weighted by molar-refractivity contribution is 5.74. The number of fused-ring (bicyclic) bond motifs is 1. The van der Waals surface area contributed by atoms with E-state index in [-0.39, 0.29) is 1.43 Å². The van der Waals surface area contributed by atoms with Crippen molar-refractivity contribution in [2.75, 3.05) is 5.32 Å². The number of hydrogen-bond acceptors (Lipinski definition) is 1. The first kappa shape index (κ1) is 10.6. The van der Waals surface area contributed by atoms with Crippen LogP contribution in [0.4, 0.5) is 5.69 Å². The fourth-order valence-electron chi connectivity index (χ4n) is 1.34. The third-order valence-corrected chi connectivity index (χ3v) is 1.97. The van der Waals surface area contributed by atoms with Gasteiger partial charge in [0.2, 0.25) is 0 Å². The van der Waals surface area contributed by atoms with Gasteiger partial charge in [0.1, 0.15) is 0 Å². The second-order valence-electron chi connectivity index (χ2n) is 3.07. The molecule has 0 aliphatic carbocycles. The quantitative estimate of drug-likeness (QED) is 0.644. The Bertz CT molecular complexity index is 367. The first-order valence-electron chi connectivity index (χ1n) is 5.00. The minimum Gasteiger partial charge on any atom is -0.356 e. The van der Waals surface area contributed by atoms with Crippen LogP contribution in [0.15, 0.2) is 36.6 Å². The van der Waals surface area contributed by atoms with E-state index < -0.39 is 0 Å². The summed E-state index contributed by atoms with van der Waals surface area (Å²) in [6, 6.07) is 6.34. The van der Waals surface area contributed by atoms with Gasteiger partial charge in [-0.25, -0.2) is 0 Å². The highest BCUT2D eigenvalue weighted by Gasteiger charge is 2.04. The molecule has 1 aliphatic heterocycles. The van der Waals surface area contributed by atoms with Gasteiger partial charge in [-0.1, -0.05) is 38.1 Å². The van der Waals surface area contributed by atoms with Crippen LogP contribution in [-0.4, -0.2) is 0 Å². The molecular formula is C13H19N. The maximum atomic E-state index is 3.84. The highest BCUT2D eigenvalue weighted by Crippen LogP contribution is 2.24. The number of hydrogen-bond donors (Lipinski definition) is 1. The van der Waals surface area contributed by atoms with Crippen molar-refractivity contribution in [3.8, 4) is 0 Å². The summed E-state index contributed by atoms with van der Waals surface area (Å²) in [5.41, 5.74) is 4.62. The zero-order valence-electron chi connectivity index (χ0n) is 9.09. The molecule has 1 heterocycles. The number of nitrogens with one attached hydrogen (secondary N) is 1. The smallest absolute Gasteiger partial charge is 0.0457 e. The SMILES string of the molecule is C=C1C=Cc2cc(C)ccc2N1.CC.[HH]. The highest BCUT2D eigenvalue weighted by atomic mass is 14.9. The van der Waals surface area contributed by atoms with Gasteiger partial charge in [0, 0.05) is 12.8 Å². The molecule has 1 nitrogen and oxygen atoms in total. The van der Waals surface area contributed by atoms with Crippen molar-refractivity contribution in [3.63, 3.8) is 0 Å². The fourth-order valence-corrected chi connectivity index (χ4v) is 1.34. The van der Waals surface area contributed by atoms with Crippen molar-refractivity contribution in [3.05, 3.63) is 47.7 Å². The van der Waals surface area contributed by atoms with Gasteiger partial charge in [-0.15, -0.1) is 0 Å². The van der Waals surface area contributed by atoms with E-state index >= 15 is 0 Å². The van der Waals surface area contributed by atoms with Crippen molar-refractivity contribution in [2.45, 2.75) is 20.8 Å². The van der Waals surface area contributed by atoms with Crippen LogP contribution in [0.2, 0.25) is 0 Å². The van der Waals surface area contributed by atoms with Gasteiger partial charge in [0.15, 0.2) is 0 Å². The standard InChI is InChI=1S/C11H11N.C2H6.H2/c1-8-3-6-11-10(7-8)5-4-9(2)12-11;1-2;/h3-7,12H,2H2,1H3;1-2H3;1H. The zero-order valence-corrected chi connectivity index (χ0v) is 9.09.